The van der Waals surface area contributed by atoms with E-state index in [9.17, 15) is 4.79 Å². The maximum atomic E-state index is 12.6. The number of carbonyl (C=O) groups excluding carboxylic acids is 1. The van der Waals surface area contributed by atoms with Crippen molar-refractivity contribution in [3.05, 3.63) is 17.8 Å². The van der Waals surface area contributed by atoms with Crippen molar-refractivity contribution >= 4 is 11.7 Å². The van der Waals surface area contributed by atoms with Crippen LogP contribution in [0.2, 0.25) is 0 Å². The van der Waals surface area contributed by atoms with Gasteiger partial charge in [-0.1, -0.05) is 6.92 Å². The Bertz CT molecular complexity index is 791. The van der Waals surface area contributed by atoms with E-state index in [2.05, 4.69) is 27.0 Å². The number of aromatic nitrogens is 1. The van der Waals surface area contributed by atoms with E-state index in [0.29, 0.717) is 11.9 Å². The zero-order valence-corrected chi connectivity index (χ0v) is 20.4. The fourth-order valence-corrected chi connectivity index (χ4v) is 6.36. The van der Waals surface area contributed by atoms with E-state index in [1.807, 2.05) is 12.3 Å². The van der Waals surface area contributed by atoms with E-state index in [4.69, 9.17) is 4.74 Å². The first-order chi connectivity index (χ1) is 16.2. The molecule has 1 amide bonds. The lowest BCUT2D eigenvalue weighted by molar-refractivity contribution is -0.127. The molecule has 0 atom stereocenters. The third-order valence-electron chi connectivity index (χ3n) is 8.70. The number of nitrogens with zero attached hydrogens (tertiary/aromatic N) is 3. The summed E-state index contributed by atoms with van der Waals surface area (Å²) in [5.74, 6) is 4.42. The predicted octanol–water partition coefficient (Wildman–Crippen LogP) is 4.03. The minimum absolute atomic E-state index is 0.275. The molecule has 1 aromatic heterocycles. The molecule has 3 fully saturated rings. The molecule has 6 nitrogen and oxygen atoms in total. The molecular formula is C27H42N4O2. The molecule has 0 radical (unpaired) electrons. The van der Waals surface area contributed by atoms with Gasteiger partial charge in [-0.2, -0.15) is 0 Å². The van der Waals surface area contributed by atoms with Gasteiger partial charge in [0.05, 0.1) is 6.61 Å². The Hall–Kier alpha value is -1.82. The summed E-state index contributed by atoms with van der Waals surface area (Å²) in [4.78, 5) is 22.4. The van der Waals surface area contributed by atoms with E-state index in [0.717, 1.165) is 75.5 Å². The van der Waals surface area contributed by atoms with Crippen molar-refractivity contribution in [1.29, 1.82) is 0 Å². The Morgan fingerprint density at radius 1 is 1.06 bits per heavy atom. The number of amides is 1. The second-order valence-electron chi connectivity index (χ2n) is 11.0. The van der Waals surface area contributed by atoms with Gasteiger partial charge >= 0.3 is 0 Å². The summed E-state index contributed by atoms with van der Waals surface area (Å²) < 4.78 is 5.72. The summed E-state index contributed by atoms with van der Waals surface area (Å²) in [7, 11) is 0. The van der Waals surface area contributed by atoms with Gasteiger partial charge in [0.25, 0.3) is 0 Å². The summed E-state index contributed by atoms with van der Waals surface area (Å²) in [6.45, 7) is 8.68. The number of ether oxygens (including phenoxy) is 1. The highest BCUT2D eigenvalue weighted by molar-refractivity contribution is 5.79. The number of carbonyl (C=O) groups is 1. The number of pyridine rings is 1. The van der Waals surface area contributed by atoms with Crippen LogP contribution >= 0.6 is 0 Å². The van der Waals surface area contributed by atoms with E-state index in [1.165, 1.54) is 57.1 Å². The van der Waals surface area contributed by atoms with E-state index in [-0.39, 0.29) is 5.92 Å². The highest BCUT2D eigenvalue weighted by Crippen LogP contribution is 2.33. The van der Waals surface area contributed by atoms with Gasteiger partial charge < -0.3 is 15.0 Å². The molecule has 2 aliphatic heterocycles. The number of hydrogen-bond donors (Lipinski definition) is 1. The minimum atomic E-state index is 0.275. The largest absolute Gasteiger partial charge is 0.493 e. The third-order valence-corrected chi connectivity index (χ3v) is 8.70. The molecule has 0 unspecified atom stereocenters. The van der Waals surface area contributed by atoms with Crippen LogP contribution in [0.4, 0.5) is 5.82 Å². The molecule has 2 aliphatic carbocycles. The highest BCUT2D eigenvalue weighted by Gasteiger charge is 2.29. The Balaban J connectivity index is 0.993. The zero-order chi connectivity index (χ0) is 22.6. The molecule has 1 N–H and O–H groups in total. The minimum Gasteiger partial charge on any atom is -0.493 e. The molecule has 4 aliphatic rings. The maximum Gasteiger partial charge on any atom is 0.223 e. The molecule has 5 rings (SSSR count). The van der Waals surface area contributed by atoms with Gasteiger partial charge in [-0.3, -0.25) is 9.69 Å². The maximum absolute atomic E-state index is 12.6. The lowest BCUT2D eigenvalue weighted by Gasteiger charge is -2.37. The van der Waals surface area contributed by atoms with Gasteiger partial charge in [0.15, 0.2) is 0 Å². The SMILES string of the molecule is CC1CCC(C(=O)NC2CCC(CCN3CCN(c4nccc5c4CCO5)CC3)CC2)CC1. The lowest BCUT2D eigenvalue weighted by atomic mass is 9.81. The van der Waals surface area contributed by atoms with Crippen LogP contribution in [0.25, 0.3) is 0 Å². The summed E-state index contributed by atoms with van der Waals surface area (Å²) in [5, 5.41) is 3.40. The Kier molecular flexibility index (Phi) is 7.39. The molecule has 0 aromatic carbocycles. The highest BCUT2D eigenvalue weighted by atomic mass is 16.5. The third kappa shape index (κ3) is 5.64. The number of nitrogens with one attached hydrogen (secondary N) is 1. The van der Waals surface area contributed by atoms with Gasteiger partial charge in [0.1, 0.15) is 11.6 Å². The second kappa shape index (κ2) is 10.6. The number of piperazine rings is 1. The Morgan fingerprint density at radius 2 is 1.82 bits per heavy atom. The summed E-state index contributed by atoms with van der Waals surface area (Å²) in [6.07, 6.45) is 13.7. The predicted molar refractivity (Wildman–Crippen MR) is 132 cm³/mol. The monoisotopic (exact) mass is 454 g/mol. The molecular weight excluding hydrogens is 412 g/mol. The molecule has 0 spiro atoms. The van der Waals surface area contributed by atoms with E-state index < -0.39 is 0 Å². The van der Waals surface area contributed by atoms with Gasteiger partial charge in [-0.25, -0.2) is 4.98 Å². The summed E-state index contributed by atoms with van der Waals surface area (Å²) in [6, 6.07) is 2.42. The summed E-state index contributed by atoms with van der Waals surface area (Å²) >= 11 is 0. The molecule has 33 heavy (non-hydrogen) atoms. The van der Waals surface area contributed by atoms with Crippen molar-refractivity contribution in [3.63, 3.8) is 0 Å². The molecule has 182 valence electrons. The fourth-order valence-electron chi connectivity index (χ4n) is 6.36. The zero-order valence-electron chi connectivity index (χ0n) is 20.4. The first-order valence-corrected chi connectivity index (χ1v) is 13.5. The van der Waals surface area contributed by atoms with Crippen LogP contribution in [-0.2, 0) is 11.2 Å². The number of hydrogen-bond acceptors (Lipinski definition) is 5. The van der Waals surface area contributed by atoms with Crippen LogP contribution in [-0.4, -0.2) is 61.2 Å². The van der Waals surface area contributed by atoms with Crippen LogP contribution in [0.1, 0.15) is 70.3 Å². The fraction of sp³-hybridized carbons (Fsp3) is 0.778. The molecule has 1 aromatic rings. The molecule has 3 heterocycles. The van der Waals surface area contributed by atoms with Gasteiger partial charge in [0.2, 0.25) is 5.91 Å². The Morgan fingerprint density at radius 3 is 2.58 bits per heavy atom. The smallest absolute Gasteiger partial charge is 0.223 e. The topological polar surface area (TPSA) is 57.7 Å². The average molecular weight is 455 g/mol. The number of anilines is 1. The quantitative estimate of drug-likeness (QED) is 0.703. The lowest BCUT2D eigenvalue weighted by Crippen LogP contribution is -2.47. The van der Waals surface area contributed by atoms with Crippen LogP contribution < -0.4 is 15.0 Å². The standard InChI is InChI=1S/C27H42N4O2/c1-20-2-6-22(7-3-20)27(32)29-23-8-4-21(5-9-23)11-14-30-15-17-31(18-16-30)26-24-12-19-33-25(24)10-13-28-26/h10,13,20-23H,2-9,11-12,14-19H2,1H3,(H,29,32). The van der Waals surface area contributed by atoms with E-state index >= 15 is 0 Å². The number of rotatable bonds is 6. The first-order valence-electron chi connectivity index (χ1n) is 13.5. The van der Waals surface area contributed by atoms with Crippen LogP contribution in [0.3, 0.4) is 0 Å². The van der Waals surface area contributed by atoms with Crippen molar-refractivity contribution in [1.82, 2.24) is 15.2 Å². The normalized spacial score (nSPS) is 30.5. The molecule has 1 saturated heterocycles. The van der Waals surface area contributed by atoms with E-state index in [1.54, 1.807) is 0 Å². The van der Waals surface area contributed by atoms with Crippen LogP contribution in [0.5, 0.6) is 5.75 Å². The second-order valence-corrected chi connectivity index (χ2v) is 11.0. The van der Waals surface area contributed by atoms with Gasteiger partial charge in [-0.15, -0.1) is 0 Å². The van der Waals surface area contributed by atoms with Crippen LogP contribution in [0, 0.1) is 17.8 Å². The van der Waals surface area contributed by atoms with Crippen molar-refractivity contribution in [3.8, 4) is 5.75 Å². The van der Waals surface area contributed by atoms with Gasteiger partial charge in [0, 0.05) is 56.3 Å². The van der Waals surface area contributed by atoms with Crippen LogP contribution in [0.15, 0.2) is 12.3 Å². The van der Waals surface area contributed by atoms with Gasteiger partial charge in [-0.05, 0) is 82.2 Å². The first kappa shape index (κ1) is 22.9. The Labute approximate surface area is 199 Å². The van der Waals surface area contributed by atoms with Crippen molar-refractivity contribution in [2.45, 2.75) is 77.2 Å². The average Bonchev–Trinajstić information content (AvgIpc) is 3.34. The van der Waals surface area contributed by atoms with Crippen molar-refractivity contribution in [2.75, 3.05) is 44.2 Å². The van der Waals surface area contributed by atoms with Crippen molar-refractivity contribution < 1.29 is 9.53 Å². The van der Waals surface area contributed by atoms with Crippen molar-refractivity contribution in [2.24, 2.45) is 17.8 Å². The summed E-state index contributed by atoms with van der Waals surface area (Å²) in [5.41, 5.74) is 1.30. The molecule has 2 saturated carbocycles. The molecule has 6 heteroatoms. The number of fused-ring (bicyclic) bond motifs is 1. The molecule has 0 bridgehead atoms.